The van der Waals surface area contributed by atoms with Crippen LogP contribution in [0.5, 0.6) is 0 Å². The zero-order chi connectivity index (χ0) is 10.4. The summed E-state index contributed by atoms with van der Waals surface area (Å²) in [6, 6.07) is 0. The summed E-state index contributed by atoms with van der Waals surface area (Å²) in [5, 5.41) is 13.8. The Kier molecular flexibility index (Phi) is 5.04. The quantitative estimate of drug-likeness (QED) is 0.787. The minimum absolute atomic E-state index is 0.746. The monoisotopic (exact) mass is 213 g/mol. The number of hydrogen-bond donors (Lipinski definition) is 1. The van der Waals surface area contributed by atoms with Crippen molar-refractivity contribution < 1.29 is 0 Å². The van der Waals surface area contributed by atoms with E-state index in [1.165, 1.54) is 11.4 Å². The molecule has 0 bridgehead atoms. The van der Waals surface area contributed by atoms with E-state index < -0.39 is 0 Å². The van der Waals surface area contributed by atoms with Crippen LogP contribution in [-0.2, 0) is 13.0 Å². The van der Waals surface area contributed by atoms with Crippen molar-refractivity contribution in [3.63, 3.8) is 0 Å². The molecular weight excluding hydrogens is 194 g/mol. The topological polar surface area (TPSA) is 37.8 Å². The molecule has 0 spiro atoms. The van der Waals surface area contributed by atoms with Crippen LogP contribution in [0, 0.1) is 5.92 Å². The second kappa shape index (κ2) is 6.09. The molecule has 0 aliphatic carbocycles. The normalized spacial score (nSPS) is 11.1. The molecule has 0 fully saturated rings. The van der Waals surface area contributed by atoms with Gasteiger partial charge in [-0.15, -0.1) is 21.5 Å². The molecule has 0 saturated carbocycles. The highest BCUT2D eigenvalue weighted by molar-refractivity contribution is 7.11. The molecule has 1 heterocycles. The Hall–Kier alpha value is -0.480. The predicted octanol–water partition coefficient (Wildman–Crippen LogP) is 2.24. The molecule has 1 N–H and O–H groups in total. The van der Waals surface area contributed by atoms with Gasteiger partial charge in [0.2, 0.25) is 0 Å². The van der Waals surface area contributed by atoms with Gasteiger partial charge in [-0.2, -0.15) is 0 Å². The van der Waals surface area contributed by atoms with E-state index in [-0.39, 0.29) is 0 Å². The molecule has 0 atom stereocenters. The van der Waals surface area contributed by atoms with Crippen LogP contribution in [0.25, 0.3) is 0 Å². The second-order valence-electron chi connectivity index (χ2n) is 3.80. The summed E-state index contributed by atoms with van der Waals surface area (Å²) in [5.74, 6) is 0.746. The average molecular weight is 213 g/mol. The van der Waals surface area contributed by atoms with Gasteiger partial charge in [-0.25, -0.2) is 0 Å². The van der Waals surface area contributed by atoms with Crippen LogP contribution in [0.15, 0.2) is 0 Å². The van der Waals surface area contributed by atoms with Crippen LogP contribution >= 0.6 is 11.3 Å². The Bertz CT molecular complexity index is 258. The smallest absolute Gasteiger partial charge is 0.131 e. The summed E-state index contributed by atoms with van der Waals surface area (Å²) in [6.45, 7) is 8.42. The Morgan fingerprint density at radius 2 is 2.00 bits per heavy atom. The number of aromatic nitrogens is 2. The zero-order valence-corrected chi connectivity index (χ0v) is 10.0. The van der Waals surface area contributed by atoms with Crippen LogP contribution in [0.2, 0.25) is 0 Å². The third-order valence-electron chi connectivity index (χ3n) is 1.97. The van der Waals surface area contributed by atoms with E-state index in [0.29, 0.717) is 0 Å². The third kappa shape index (κ3) is 4.15. The Morgan fingerprint density at radius 1 is 1.29 bits per heavy atom. The van der Waals surface area contributed by atoms with Gasteiger partial charge in [0.1, 0.15) is 10.0 Å². The first-order valence-electron chi connectivity index (χ1n) is 5.24. The van der Waals surface area contributed by atoms with Gasteiger partial charge in [-0.05, 0) is 18.9 Å². The molecule has 0 aromatic carbocycles. The lowest BCUT2D eigenvalue weighted by atomic mass is 10.1. The van der Waals surface area contributed by atoms with Gasteiger partial charge in [0.05, 0.1) is 0 Å². The lowest BCUT2D eigenvalue weighted by Gasteiger charge is -1.99. The average Bonchev–Trinajstić information content (AvgIpc) is 2.59. The zero-order valence-electron chi connectivity index (χ0n) is 9.21. The first-order valence-corrected chi connectivity index (χ1v) is 6.06. The highest BCUT2D eigenvalue weighted by atomic mass is 32.1. The van der Waals surface area contributed by atoms with Gasteiger partial charge in [0, 0.05) is 13.0 Å². The van der Waals surface area contributed by atoms with E-state index in [9.17, 15) is 0 Å². The van der Waals surface area contributed by atoms with E-state index in [4.69, 9.17) is 0 Å². The molecule has 0 radical (unpaired) electrons. The summed E-state index contributed by atoms with van der Waals surface area (Å²) >= 11 is 1.73. The summed E-state index contributed by atoms with van der Waals surface area (Å²) < 4.78 is 0. The lowest BCUT2D eigenvalue weighted by molar-refractivity contribution is 0.583. The van der Waals surface area contributed by atoms with E-state index in [0.717, 1.165) is 30.4 Å². The maximum Gasteiger partial charge on any atom is 0.131 e. The molecule has 0 amide bonds. The first kappa shape index (κ1) is 11.6. The van der Waals surface area contributed by atoms with Crippen molar-refractivity contribution in [3.8, 4) is 0 Å². The summed E-state index contributed by atoms with van der Waals surface area (Å²) in [6.07, 6.45) is 2.28. The molecule has 0 unspecified atom stereocenters. The van der Waals surface area contributed by atoms with Gasteiger partial charge in [0.25, 0.3) is 0 Å². The van der Waals surface area contributed by atoms with Crippen molar-refractivity contribution in [1.29, 1.82) is 0 Å². The van der Waals surface area contributed by atoms with E-state index >= 15 is 0 Å². The van der Waals surface area contributed by atoms with Crippen LogP contribution < -0.4 is 5.32 Å². The fourth-order valence-electron chi connectivity index (χ4n) is 1.10. The minimum atomic E-state index is 0.746. The molecule has 0 aliphatic rings. The highest BCUT2D eigenvalue weighted by Gasteiger charge is 2.04. The molecule has 3 nitrogen and oxygen atoms in total. The van der Waals surface area contributed by atoms with Crippen LogP contribution in [0.4, 0.5) is 0 Å². The number of hydrogen-bond acceptors (Lipinski definition) is 4. The molecular formula is C10H19N3S. The van der Waals surface area contributed by atoms with Gasteiger partial charge in [0.15, 0.2) is 0 Å². The molecule has 0 aliphatic heterocycles. The Labute approximate surface area is 89.9 Å². The summed E-state index contributed by atoms with van der Waals surface area (Å²) in [4.78, 5) is 0. The maximum atomic E-state index is 4.17. The van der Waals surface area contributed by atoms with Crippen LogP contribution in [-0.4, -0.2) is 16.7 Å². The third-order valence-corrected chi connectivity index (χ3v) is 2.95. The van der Waals surface area contributed by atoms with Crippen molar-refractivity contribution in [2.45, 2.75) is 40.2 Å². The molecule has 0 saturated heterocycles. The van der Waals surface area contributed by atoms with E-state index in [2.05, 4.69) is 36.3 Å². The molecule has 14 heavy (non-hydrogen) atoms. The molecule has 4 heteroatoms. The predicted molar refractivity (Wildman–Crippen MR) is 60.4 cm³/mol. The second-order valence-corrected chi connectivity index (χ2v) is 4.95. The van der Waals surface area contributed by atoms with Crippen molar-refractivity contribution in [1.82, 2.24) is 15.5 Å². The highest BCUT2D eigenvalue weighted by Crippen LogP contribution is 2.13. The van der Waals surface area contributed by atoms with E-state index in [1.807, 2.05) is 0 Å². The van der Waals surface area contributed by atoms with Crippen LogP contribution in [0.3, 0.4) is 0 Å². The first-order chi connectivity index (χ1) is 6.72. The Morgan fingerprint density at radius 3 is 2.64 bits per heavy atom. The summed E-state index contributed by atoms with van der Waals surface area (Å²) in [7, 11) is 0. The van der Waals surface area contributed by atoms with Gasteiger partial charge in [-0.3, -0.25) is 0 Å². The van der Waals surface area contributed by atoms with Crippen molar-refractivity contribution in [3.05, 3.63) is 10.0 Å². The maximum absolute atomic E-state index is 4.17. The molecule has 1 aromatic rings. The SMILES string of the molecule is CCNCc1nnc(CCC(C)C)s1. The summed E-state index contributed by atoms with van der Waals surface area (Å²) in [5.41, 5.74) is 0. The fraction of sp³-hybridized carbons (Fsp3) is 0.800. The van der Waals surface area contributed by atoms with Gasteiger partial charge >= 0.3 is 0 Å². The molecule has 1 rings (SSSR count). The Balaban J connectivity index is 2.35. The van der Waals surface area contributed by atoms with Crippen molar-refractivity contribution in [2.75, 3.05) is 6.54 Å². The number of nitrogens with zero attached hydrogens (tertiary/aromatic N) is 2. The standard InChI is InChI=1S/C10H19N3S/c1-4-11-7-10-13-12-9(14-10)6-5-8(2)3/h8,11H,4-7H2,1-3H3. The molecule has 80 valence electrons. The van der Waals surface area contributed by atoms with Crippen LogP contribution in [0.1, 0.15) is 37.2 Å². The fourth-order valence-corrected chi connectivity index (χ4v) is 1.93. The van der Waals surface area contributed by atoms with E-state index in [1.54, 1.807) is 11.3 Å². The largest absolute Gasteiger partial charge is 0.311 e. The van der Waals surface area contributed by atoms with Gasteiger partial charge < -0.3 is 5.32 Å². The lowest BCUT2D eigenvalue weighted by Crippen LogP contribution is -2.11. The number of aryl methyl sites for hydroxylation is 1. The number of nitrogens with one attached hydrogen (secondary N) is 1. The van der Waals surface area contributed by atoms with Gasteiger partial charge in [-0.1, -0.05) is 20.8 Å². The number of rotatable bonds is 6. The minimum Gasteiger partial charge on any atom is -0.311 e. The van der Waals surface area contributed by atoms with Crippen molar-refractivity contribution >= 4 is 11.3 Å². The molecule has 1 aromatic heterocycles. The van der Waals surface area contributed by atoms with Crippen molar-refractivity contribution in [2.24, 2.45) is 5.92 Å².